The van der Waals surface area contributed by atoms with Gasteiger partial charge in [-0.05, 0) is 184 Å². The van der Waals surface area contributed by atoms with E-state index in [1.165, 1.54) is 19.8 Å². The number of ether oxygens (including phenoxy) is 3. The zero-order chi connectivity index (χ0) is 89.8. The molecule has 27 nitrogen and oxygen atoms in total. The maximum atomic E-state index is 13.6. The zero-order valence-electron chi connectivity index (χ0n) is 70.5. The van der Waals surface area contributed by atoms with E-state index in [-0.39, 0.29) is 67.0 Å². The van der Waals surface area contributed by atoms with E-state index in [4.69, 9.17) is 31.1 Å². The van der Waals surface area contributed by atoms with E-state index in [1.54, 1.807) is 58.8 Å². The number of aliphatic hydroxyl groups excluding tert-OH is 4. The molecule has 0 saturated carbocycles. The van der Waals surface area contributed by atoms with Gasteiger partial charge in [-0.15, -0.1) is 0 Å². The van der Waals surface area contributed by atoms with Crippen LogP contribution < -0.4 is 22.2 Å². The lowest BCUT2D eigenvalue weighted by Crippen LogP contribution is -2.48. The minimum absolute atomic E-state index is 0.0178. The first-order chi connectivity index (χ1) is 63.2. The van der Waals surface area contributed by atoms with Crippen LogP contribution in [0.3, 0.4) is 0 Å². The Morgan fingerprint density at radius 1 is 0.415 bits per heavy atom. The Morgan fingerprint density at radius 2 is 0.838 bits per heavy atom. The van der Waals surface area contributed by atoms with Crippen LogP contribution in [0.25, 0.3) is 98.0 Å². The van der Waals surface area contributed by atoms with Crippen molar-refractivity contribution < 1.29 is 43.1 Å². The molecule has 656 valence electrons. The second-order valence-corrected chi connectivity index (χ2v) is 36.3. The van der Waals surface area contributed by atoms with Crippen LogP contribution in [0.5, 0.6) is 0 Å². The molecule has 21 rings (SSSR count). The van der Waals surface area contributed by atoms with Crippen molar-refractivity contribution >= 4 is 124 Å². The largest absolute Gasteiger partial charge is 0.391 e. The minimum Gasteiger partial charge on any atom is -0.391 e. The highest BCUT2D eigenvalue weighted by atomic mass is 79.9. The average molecular weight is 1840 g/mol. The van der Waals surface area contributed by atoms with Gasteiger partial charge in [-0.2, -0.15) is 9.57 Å². The number of hydrogen-bond acceptors (Lipinski definition) is 22. The third-order valence-corrected chi connectivity index (χ3v) is 26.8. The normalized spacial score (nSPS) is 19.0. The van der Waals surface area contributed by atoms with E-state index in [9.17, 15) is 48.0 Å². The molecule has 4 N–H and O–H groups in total. The lowest BCUT2D eigenvalue weighted by Gasteiger charge is -2.35. The maximum absolute atomic E-state index is 13.6. The molecule has 12 heterocycles. The van der Waals surface area contributed by atoms with Crippen molar-refractivity contribution in [3.8, 4) is 17.3 Å². The third kappa shape index (κ3) is 18.4. The maximum Gasteiger partial charge on any atom is 0.261 e. The summed E-state index contributed by atoms with van der Waals surface area (Å²) in [5, 5.41) is 61.1. The fraction of sp³-hybridized carbons (Fsp3) is 0.250. The molecule has 130 heavy (non-hydrogen) atoms. The Kier molecular flexibility index (Phi) is 25.9. The number of aromatic nitrogens is 12. The Balaban J connectivity index is 0.000000117. The van der Waals surface area contributed by atoms with Crippen molar-refractivity contribution in [3.05, 3.63) is 352 Å². The number of pyridine rings is 4. The van der Waals surface area contributed by atoms with Crippen molar-refractivity contribution in [3.63, 3.8) is 0 Å². The molecule has 30 heteroatoms. The summed E-state index contributed by atoms with van der Waals surface area (Å²) >= 11 is 9.46. The fourth-order valence-electron chi connectivity index (χ4n) is 18.1. The number of aliphatic hydroxyl groups is 4. The smallest absolute Gasteiger partial charge is 0.261 e. The summed E-state index contributed by atoms with van der Waals surface area (Å²) in [5.41, 5.74) is 12.1. The molecule has 0 spiro atoms. The Hall–Kier alpha value is -12.9. The number of nitrogens with zero attached hydrogens (tertiary/aromatic N) is 14. The van der Waals surface area contributed by atoms with E-state index in [0.29, 0.717) is 126 Å². The molecule has 8 atom stereocenters. The van der Waals surface area contributed by atoms with Crippen molar-refractivity contribution in [1.82, 2.24) is 62.4 Å². The first kappa shape index (κ1) is 87.7. The van der Waals surface area contributed by atoms with Crippen molar-refractivity contribution in [2.24, 2.45) is 0 Å². The van der Waals surface area contributed by atoms with Crippen LogP contribution in [0.4, 0.5) is 0 Å². The minimum atomic E-state index is -3.45. The second-order valence-electron chi connectivity index (χ2n) is 33.1. The summed E-state index contributed by atoms with van der Waals surface area (Å²) in [6, 6.07) is 62.9. The average Bonchev–Trinajstić information content (AvgIpc) is 0.757. The van der Waals surface area contributed by atoms with Gasteiger partial charge in [-0.25, -0.2) is 38.3 Å². The summed E-state index contributed by atoms with van der Waals surface area (Å²) < 4.78 is 48.7. The highest BCUT2D eigenvalue weighted by molar-refractivity contribution is 9.10. The van der Waals surface area contributed by atoms with Crippen LogP contribution in [0, 0.1) is 11.3 Å². The highest BCUT2D eigenvalue weighted by Gasteiger charge is 2.36. The molecule has 4 fully saturated rings. The molecule has 8 aromatic heterocycles. The molecular weight excluding hydrogens is 1750 g/mol. The zero-order valence-corrected chi connectivity index (χ0v) is 73.7. The summed E-state index contributed by atoms with van der Waals surface area (Å²) in [5.74, 6) is 0. The molecule has 0 aliphatic carbocycles. The Bertz CT molecular complexity index is 7580. The van der Waals surface area contributed by atoms with Gasteiger partial charge in [0.25, 0.3) is 22.2 Å². The molecule has 0 radical (unpaired) electrons. The molecule has 0 bridgehead atoms. The summed E-state index contributed by atoms with van der Waals surface area (Å²) in [6.45, 7) is 2.52. The van der Waals surface area contributed by atoms with Gasteiger partial charge in [-0.3, -0.25) is 47.4 Å². The number of sulfonamides is 1. The van der Waals surface area contributed by atoms with Crippen LogP contribution in [0.2, 0.25) is 5.15 Å². The first-order valence-electron chi connectivity index (χ1n) is 42.8. The number of piperidine rings is 1. The van der Waals surface area contributed by atoms with E-state index >= 15 is 0 Å². The van der Waals surface area contributed by atoms with Crippen molar-refractivity contribution in [1.29, 1.82) is 5.26 Å². The standard InChI is InChI=1S/C29H23N5O3.C24H21BrN2O3.C24H23ClN4O4S.C23H21N3O3/c30-13-21-7-6-19(15-31-21)25-8-5-18(14-32-25)11-20-12-24-28(23-4-2-1-3-22(20)23)33-17-34(29(24)36)26-9-10-37-16-27(26)35;25-17-5-3-4-15(11-17)10-16-12-20-23(19-7-2-1-6-18(16)19)26-14-27(24(20)29)21-8-9-30-13-22(21)28;1-34(32,33)28-9-8-21(30)20(13-28)29-14-27-23-18-5-3-2-4-17(18)16(11-19(23)24(29)31)10-15-6-7-22(25)26-12-15;27-21-7-9-29-13-20(21)26-14-25-22-18-6-2-1-5-17(18)16(11-19(22)23(26)28)10-15-4-3-8-24-12-15/h1-8,12,14-15,17,26-27,35H,9-11,16H2;1-7,11-12,14,21-22,28H,8-10,13H2;2-7,11-12,14,20-21,30H,8-10,13H2,1H3;1-6,8,11-12,14,20-21,27H,7,9-10,13H2/t26-,27-;21-,22-;2*20-,21-/m0000/s1. The predicted molar refractivity (Wildman–Crippen MR) is 503 cm³/mol. The predicted octanol–water partition coefficient (Wildman–Crippen LogP) is 13.6. The van der Waals surface area contributed by atoms with E-state index in [1.807, 2.05) is 176 Å². The van der Waals surface area contributed by atoms with E-state index < -0.39 is 46.5 Å². The summed E-state index contributed by atoms with van der Waals surface area (Å²) in [4.78, 5) is 89.6. The fourth-order valence-corrected chi connectivity index (χ4v) is 19.5. The molecule has 17 aromatic rings. The monoisotopic (exact) mass is 1840 g/mol. The summed E-state index contributed by atoms with van der Waals surface area (Å²) in [6.07, 6.45) is 17.5. The third-order valence-electron chi connectivity index (χ3n) is 24.8. The van der Waals surface area contributed by atoms with Crippen LogP contribution in [-0.2, 0) is 49.9 Å². The van der Waals surface area contributed by atoms with Gasteiger partial charge < -0.3 is 34.6 Å². The van der Waals surface area contributed by atoms with Gasteiger partial charge in [0.2, 0.25) is 10.0 Å². The van der Waals surface area contributed by atoms with Gasteiger partial charge in [0.15, 0.2) is 0 Å². The van der Waals surface area contributed by atoms with Crippen LogP contribution in [-0.4, -0.2) is 175 Å². The number of benzene rings is 9. The second kappa shape index (κ2) is 38.4. The Morgan fingerprint density at radius 3 is 1.25 bits per heavy atom. The number of hydrogen-bond donors (Lipinski definition) is 4. The number of fused-ring (bicyclic) bond motifs is 12. The van der Waals surface area contributed by atoms with Crippen LogP contribution in [0.15, 0.2) is 274 Å². The van der Waals surface area contributed by atoms with Gasteiger partial charge in [0, 0.05) is 95.5 Å². The van der Waals surface area contributed by atoms with Gasteiger partial charge in [0.05, 0.1) is 149 Å². The number of halogens is 2. The van der Waals surface area contributed by atoms with Crippen LogP contribution >= 0.6 is 27.5 Å². The molecule has 4 saturated heterocycles. The molecule has 4 aliphatic heterocycles. The molecule has 4 aliphatic rings. The van der Waals surface area contributed by atoms with Crippen molar-refractivity contribution in [2.75, 3.05) is 59.0 Å². The Labute approximate surface area is 758 Å². The highest BCUT2D eigenvalue weighted by Crippen LogP contribution is 2.36. The van der Waals surface area contributed by atoms with E-state index in [0.717, 1.165) is 110 Å². The molecular formula is C100H88BrClN14O13S. The molecule has 9 aromatic carbocycles. The lowest BCUT2D eigenvalue weighted by atomic mass is 9.96. The van der Waals surface area contributed by atoms with Gasteiger partial charge in [-0.1, -0.05) is 155 Å². The quantitative estimate of drug-likeness (QED) is 0.0580. The van der Waals surface area contributed by atoms with Gasteiger partial charge in [0.1, 0.15) is 16.9 Å². The first-order valence-corrected chi connectivity index (χ1v) is 45.8. The van der Waals surface area contributed by atoms with E-state index in [2.05, 4.69) is 80.1 Å². The number of rotatable bonds is 14. The molecule has 0 unspecified atom stereocenters. The van der Waals surface area contributed by atoms with Crippen LogP contribution in [0.1, 0.15) is 100 Å². The summed E-state index contributed by atoms with van der Waals surface area (Å²) in [7, 11) is -3.45. The van der Waals surface area contributed by atoms with Crippen molar-refractivity contribution in [2.45, 2.75) is 99.9 Å². The topological polar surface area (TPSA) is 361 Å². The van der Waals surface area contributed by atoms with Gasteiger partial charge >= 0.3 is 0 Å². The molecule has 0 amide bonds. The SMILES string of the molecule is CS(=O)(=O)N1CC[C@H](O)[C@@H](n2cnc3c(cc(Cc4ccc(Cl)nc4)c4ccccc43)c2=O)C1.N#Cc1ccc(-c2ccc(Cc3cc4c(=O)n([C@H]5CCOC[C@@H]5O)cnc4c4ccccc34)cn2)cn1.O=c1c2cc(Cc3cccc(Br)c3)c3ccccc3c2ncn1[C@H]1CCOC[C@@H]1O.O=c1c2cc(Cc3cccnc3)c3ccccc3c2ncn1[C@H]1COCC[C@@H]1O. The lowest BCUT2D eigenvalue weighted by molar-refractivity contribution is -0.0395. The number of nitriles is 1.